The summed E-state index contributed by atoms with van der Waals surface area (Å²) in [7, 11) is 0. The molecule has 0 spiro atoms. The van der Waals surface area contributed by atoms with E-state index in [9.17, 15) is 4.79 Å². The van der Waals surface area contributed by atoms with Crippen molar-refractivity contribution in [1.82, 2.24) is 29.6 Å². The maximum absolute atomic E-state index is 11.4. The van der Waals surface area contributed by atoms with E-state index < -0.39 is 0 Å². The quantitative estimate of drug-likeness (QED) is 0.565. The second-order valence-corrected chi connectivity index (χ2v) is 5.32. The van der Waals surface area contributed by atoms with Crippen LogP contribution in [-0.2, 0) is 0 Å². The molecule has 0 unspecified atom stereocenters. The van der Waals surface area contributed by atoms with Crippen LogP contribution in [0.3, 0.4) is 0 Å². The zero-order valence-corrected chi connectivity index (χ0v) is 13.2. The third kappa shape index (κ3) is 3.23. The van der Waals surface area contributed by atoms with E-state index in [0.29, 0.717) is 0 Å². The van der Waals surface area contributed by atoms with E-state index in [-0.39, 0.29) is 5.56 Å². The van der Waals surface area contributed by atoms with Crippen molar-refractivity contribution in [2.45, 2.75) is 20.8 Å². The Balaban J connectivity index is 0.000000140. The normalized spacial score (nSPS) is 10.6. The number of fused-ring (bicyclic) bond motifs is 1. The zero-order chi connectivity index (χ0) is 16.4. The van der Waals surface area contributed by atoms with Gasteiger partial charge in [-0.1, -0.05) is 18.2 Å². The van der Waals surface area contributed by atoms with Gasteiger partial charge in [0, 0.05) is 17.8 Å². The van der Waals surface area contributed by atoms with Gasteiger partial charge >= 0.3 is 0 Å². The summed E-state index contributed by atoms with van der Waals surface area (Å²) >= 11 is 0. The molecule has 118 valence electrons. The Bertz CT molecular complexity index is 910. The topological polar surface area (TPSA) is 83.8 Å². The van der Waals surface area contributed by atoms with Crippen molar-refractivity contribution in [2.75, 3.05) is 0 Å². The molecule has 4 rings (SSSR count). The lowest BCUT2D eigenvalue weighted by Gasteiger charge is -1.99. The van der Waals surface area contributed by atoms with Gasteiger partial charge in [0.2, 0.25) is 0 Å². The Morgan fingerprint density at radius 1 is 1.00 bits per heavy atom. The zero-order valence-electron chi connectivity index (χ0n) is 13.2. The molecule has 0 saturated carbocycles. The second-order valence-electron chi connectivity index (χ2n) is 5.32. The van der Waals surface area contributed by atoms with E-state index in [1.54, 1.807) is 10.7 Å². The molecule has 0 bridgehead atoms. The number of rotatable bonds is 1. The first-order chi connectivity index (χ1) is 11.0. The van der Waals surface area contributed by atoms with E-state index in [0.717, 1.165) is 28.5 Å². The Morgan fingerprint density at radius 2 is 1.74 bits per heavy atom. The van der Waals surface area contributed by atoms with E-state index in [1.807, 2.05) is 57.2 Å². The highest BCUT2D eigenvalue weighted by Crippen LogP contribution is 2.02. The number of H-pyrrole nitrogens is 2. The van der Waals surface area contributed by atoms with E-state index >= 15 is 0 Å². The van der Waals surface area contributed by atoms with Gasteiger partial charge in [0.05, 0.1) is 11.4 Å². The molecular formula is C16H18N6O. The number of hydrogen-bond donors (Lipinski definition) is 2. The van der Waals surface area contributed by atoms with Crippen LogP contribution in [0, 0.1) is 20.8 Å². The average Bonchev–Trinajstić information content (AvgIpc) is 3.12. The molecule has 0 saturated heterocycles. The van der Waals surface area contributed by atoms with Crippen LogP contribution in [-0.4, -0.2) is 29.6 Å². The minimum atomic E-state index is -0.0244. The standard InChI is InChI=1S/C10H10N2O.C6H8N4/c1-8-7-10(13)12(11-8)9-5-3-2-4-6-9;1-4-3-6-7-5(2)9-10(6)8-4/h2-7,11H,1H3;3H,1-2H3,(H,7,9). The molecule has 0 aliphatic rings. The Kier molecular flexibility index (Phi) is 3.84. The number of benzene rings is 1. The first-order valence-corrected chi connectivity index (χ1v) is 7.26. The van der Waals surface area contributed by atoms with Gasteiger partial charge in [0.25, 0.3) is 5.56 Å². The SMILES string of the molecule is Cc1cc(=O)n(-c2ccccc2)[nH]1.Cc1cc2[nH]c(C)nn2n1. The summed E-state index contributed by atoms with van der Waals surface area (Å²) in [6, 6.07) is 13.0. The average molecular weight is 310 g/mol. The summed E-state index contributed by atoms with van der Waals surface area (Å²) in [4.78, 5) is 14.4. The Labute approximate surface area is 132 Å². The van der Waals surface area contributed by atoms with Crippen molar-refractivity contribution in [3.05, 3.63) is 70.0 Å². The molecule has 0 fully saturated rings. The monoisotopic (exact) mass is 310 g/mol. The highest BCUT2D eigenvalue weighted by Gasteiger charge is 2.00. The molecule has 3 heterocycles. The molecule has 0 radical (unpaired) electrons. The Morgan fingerprint density at radius 3 is 2.35 bits per heavy atom. The predicted octanol–water partition coefficient (Wildman–Crippen LogP) is 2.15. The highest BCUT2D eigenvalue weighted by atomic mass is 16.1. The van der Waals surface area contributed by atoms with Crippen LogP contribution in [0.2, 0.25) is 0 Å². The van der Waals surface area contributed by atoms with Gasteiger partial charge in [0.15, 0.2) is 5.65 Å². The lowest BCUT2D eigenvalue weighted by atomic mass is 10.3. The van der Waals surface area contributed by atoms with Gasteiger partial charge in [-0.2, -0.15) is 5.10 Å². The summed E-state index contributed by atoms with van der Waals surface area (Å²) in [6.45, 7) is 5.71. The molecule has 0 atom stereocenters. The number of nitrogens with one attached hydrogen (secondary N) is 2. The first-order valence-electron chi connectivity index (χ1n) is 7.26. The minimum Gasteiger partial charge on any atom is -0.326 e. The molecular weight excluding hydrogens is 292 g/mol. The second kappa shape index (κ2) is 5.96. The van der Waals surface area contributed by atoms with Crippen molar-refractivity contribution < 1.29 is 0 Å². The fourth-order valence-electron chi connectivity index (χ4n) is 2.28. The molecule has 7 nitrogen and oxygen atoms in total. The molecule has 0 aliphatic carbocycles. The maximum atomic E-state index is 11.4. The van der Waals surface area contributed by atoms with Gasteiger partial charge in [-0.15, -0.1) is 9.73 Å². The Hall–Kier alpha value is -3.09. The molecule has 2 N–H and O–H groups in total. The molecule has 23 heavy (non-hydrogen) atoms. The van der Waals surface area contributed by atoms with E-state index in [1.165, 1.54) is 4.68 Å². The van der Waals surface area contributed by atoms with Crippen LogP contribution in [0.5, 0.6) is 0 Å². The lowest BCUT2D eigenvalue weighted by Crippen LogP contribution is -2.12. The van der Waals surface area contributed by atoms with E-state index in [4.69, 9.17) is 0 Å². The van der Waals surface area contributed by atoms with Crippen LogP contribution in [0.4, 0.5) is 0 Å². The number of para-hydroxylation sites is 1. The number of aryl methyl sites for hydroxylation is 3. The van der Waals surface area contributed by atoms with Gasteiger partial charge in [-0.3, -0.25) is 9.89 Å². The summed E-state index contributed by atoms with van der Waals surface area (Å²) in [5, 5.41) is 11.2. The van der Waals surface area contributed by atoms with Crippen molar-refractivity contribution in [3.63, 3.8) is 0 Å². The fourth-order valence-corrected chi connectivity index (χ4v) is 2.28. The fraction of sp³-hybridized carbons (Fsp3) is 0.188. The number of hydrogen-bond acceptors (Lipinski definition) is 3. The minimum absolute atomic E-state index is 0.0244. The smallest absolute Gasteiger partial charge is 0.271 e. The molecule has 3 aromatic heterocycles. The summed E-state index contributed by atoms with van der Waals surface area (Å²) in [6.07, 6.45) is 0. The van der Waals surface area contributed by atoms with Gasteiger partial charge in [-0.05, 0) is 32.9 Å². The van der Waals surface area contributed by atoms with Gasteiger partial charge in [0.1, 0.15) is 5.82 Å². The van der Waals surface area contributed by atoms with E-state index in [2.05, 4.69) is 20.3 Å². The highest BCUT2D eigenvalue weighted by molar-refractivity contribution is 5.37. The van der Waals surface area contributed by atoms with Crippen molar-refractivity contribution in [3.8, 4) is 5.69 Å². The molecule has 7 heteroatoms. The predicted molar refractivity (Wildman–Crippen MR) is 87.9 cm³/mol. The van der Waals surface area contributed by atoms with Crippen LogP contribution >= 0.6 is 0 Å². The van der Waals surface area contributed by atoms with Crippen LogP contribution in [0.25, 0.3) is 11.3 Å². The molecule has 1 aromatic carbocycles. The van der Waals surface area contributed by atoms with Crippen molar-refractivity contribution in [1.29, 1.82) is 0 Å². The largest absolute Gasteiger partial charge is 0.326 e. The summed E-state index contributed by atoms with van der Waals surface area (Å²) in [5.41, 5.74) is 3.65. The van der Waals surface area contributed by atoms with Crippen molar-refractivity contribution in [2.24, 2.45) is 0 Å². The molecule has 4 aromatic rings. The van der Waals surface area contributed by atoms with Crippen LogP contribution in [0.15, 0.2) is 47.3 Å². The summed E-state index contributed by atoms with van der Waals surface area (Å²) in [5.74, 6) is 0.891. The van der Waals surface area contributed by atoms with Gasteiger partial charge < -0.3 is 4.98 Å². The number of aromatic amines is 2. The maximum Gasteiger partial charge on any atom is 0.271 e. The van der Waals surface area contributed by atoms with Gasteiger partial charge in [-0.25, -0.2) is 4.68 Å². The van der Waals surface area contributed by atoms with Crippen LogP contribution in [0.1, 0.15) is 17.2 Å². The molecule has 0 amide bonds. The number of aromatic nitrogens is 6. The number of nitrogens with zero attached hydrogens (tertiary/aromatic N) is 4. The summed E-state index contributed by atoms with van der Waals surface area (Å²) < 4.78 is 3.12. The third-order valence-electron chi connectivity index (χ3n) is 3.23. The molecule has 0 aliphatic heterocycles. The van der Waals surface area contributed by atoms with Crippen LogP contribution < -0.4 is 5.56 Å². The lowest BCUT2D eigenvalue weighted by molar-refractivity contribution is 0.793. The first kappa shape index (κ1) is 14.8. The third-order valence-corrected chi connectivity index (χ3v) is 3.23. The van der Waals surface area contributed by atoms with Crippen molar-refractivity contribution >= 4 is 5.65 Å².